The Balaban J connectivity index is 1.83. The quantitative estimate of drug-likeness (QED) is 0.664. The van der Waals surface area contributed by atoms with Crippen LogP contribution in [0.2, 0.25) is 10.0 Å². The molecule has 2 aromatic carbocycles. The predicted molar refractivity (Wildman–Crippen MR) is 104 cm³/mol. The number of nitrogen functional groups attached to an aromatic ring is 1. The summed E-state index contributed by atoms with van der Waals surface area (Å²) in [5.74, 6) is 1.08. The van der Waals surface area contributed by atoms with E-state index in [-0.39, 0.29) is 23.9 Å². The summed E-state index contributed by atoms with van der Waals surface area (Å²) in [6, 6.07) is 14.7. The van der Waals surface area contributed by atoms with Crippen molar-refractivity contribution in [2.45, 2.75) is 13.2 Å². The molecule has 0 radical (unpaired) electrons. The molecule has 0 atom stereocenters. The second-order valence-corrected chi connectivity index (χ2v) is 6.50. The van der Waals surface area contributed by atoms with Crippen molar-refractivity contribution in [3.63, 3.8) is 0 Å². The average molecular weight is 403 g/mol. The number of nitrogens with zero attached hydrogens (tertiary/aromatic N) is 3. The second kappa shape index (κ2) is 8.21. The number of nitriles is 1. The van der Waals surface area contributed by atoms with E-state index < -0.39 is 0 Å². The third kappa shape index (κ3) is 4.11. The standard InChI is InChI=1S/C19H16Cl2N4O2/c1-26-17-5-3-2-4-13(17)11-27-19-14(9-22)18(23)25(24-19)10-12-6-7-15(20)16(21)8-12/h2-8H,10-11,23H2,1H3. The van der Waals surface area contributed by atoms with Gasteiger partial charge in [-0.05, 0) is 23.8 Å². The molecule has 0 unspecified atom stereocenters. The monoisotopic (exact) mass is 402 g/mol. The molecule has 6 nitrogen and oxygen atoms in total. The van der Waals surface area contributed by atoms with Gasteiger partial charge in [0.25, 0.3) is 5.88 Å². The number of nitrogens with two attached hydrogens (primary N) is 1. The fourth-order valence-electron chi connectivity index (χ4n) is 2.56. The number of hydrogen-bond acceptors (Lipinski definition) is 5. The molecule has 0 aliphatic rings. The fourth-order valence-corrected chi connectivity index (χ4v) is 2.88. The Labute approximate surface area is 166 Å². The van der Waals surface area contributed by atoms with Crippen LogP contribution in [0.4, 0.5) is 5.82 Å². The second-order valence-electron chi connectivity index (χ2n) is 5.68. The van der Waals surface area contributed by atoms with E-state index in [4.69, 9.17) is 38.4 Å². The molecule has 3 aromatic rings. The van der Waals surface area contributed by atoms with Crippen LogP contribution in [0, 0.1) is 11.3 Å². The van der Waals surface area contributed by atoms with Gasteiger partial charge in [0.1, 0.15) is 24.2 Å². The number of rotatable bonds is 6. The van der Waals surface area contributed by atoms with E-state index in [2.05, 4.69) is 5.10 Å². The lowest BCUT2D eigenvalue weighted by Gasteiger charge is -2.08. The smallest absolute Gasteiger partial charge is 0.253 e. The Morgan fingerprint density at radius 3 is 2.67 bits per heavy atom. The minimum absolute atomic E-state index is 0.168. The number of aromatic nitrogens is 2. The van der Waals surface area contributed by atoms with Crippen LogP contribution in [0.3, 0.4) is 0 Å². The molecule has 0 spiro atoms. The van der Waals surface area contributed by atoms with E-state index in [1.807, 2.05) is 36.4 Å². The third-order valence-electron chi connectivity index (χ3n) is 3.94. The van der Waals surface area contributed by atoms with Gasteiger partial charge >= 0.3 is 0 Å². The minimum atomic E-state index is 0.168. The molecule has 1 heterocycles. The zero-order chi connectivity index (χ0) is 19.4. The van der Waals surface area contributed by atoms with E-state index in [9.17, 15) is 5.26 Å². The van der Waals surface area contributed by atoms with E-state index in [1.54, 1.807) is 19.2 Å². The first-order chi connectivity index (χ1) is 13.0. The number of benzene rings is 2. The average Bonchev–Trinajstić information content (AvgIpc) is 2.97. The summed E-state index contributed by atoms with van der Waals surface area (Å²) in [5, 5.41) is 14.7. The van der Waals surface area contributed by atoms with Gasteiger partial charge in [-0.3, -0.25) is 0 Å². The van der Waals surface area contributed by atoms with Crippen molar-refractivity contribution in [1.82, 2.24) is 9.78 Å². The van der Waals surface area contributed by atoms with Gasteiger partial charge < -0.3 is 15.2 Å². The summed E-state index contributed by atoms with van der Waals surface area (Å²) >= 11 is 12.0. The number of para-hydroxylation sites is 1. The normalized spacial score (nSPS) is 10.4. The van der Waals surface area contributed by atoms with Gasteiger partial charge in [-0.25, -0.2) is 4.68 Å². The topological polar surface area (TPSA) is 86.1 Å². The zero-order valence-corrected chi connectivity index (χ0v) is 16.0. The lowest BCUT2D eigenvalue weighted by Crippen LogP contribution is -2.06. The van der Waals surface area contributed by atoms with Gasteiger partial charge in [0.05, 0.1) is 23.7 Å². The van der Waals surface area contributed by atoms with E-state index in [0.29, 0.717) is 22.3 Å². The van der Waals surface area contributed by atoms with Crippen molar-refractivity contribution in [2.75, 3.05) is 12.8 Å². The van der Waals surface area contributed by atoms with Crippen molar-refractivity contribution in [2.24, 2.45) is 0 Å². The predicted octanol–water partition coefficient (Wildman–Crippen LogP) is 4.28. The summed E-state index contributed by atoms with van der Waals surface area (Å²) in [6.45, 7) is 0.525. The maximum atomic E-state index is 9.43. The van der Waals surface area contributed by atoms with Crippen LogP contribution in [0.25, 0.3) is 0 Å². The molecule has 138 valence electrons. The van der Waals surface area contributed by atoms with Gasteiger partial charge in [0.2, 0.25) is 0 Å². The Bertz CT molecular complexity index is 1010. The number of halogens is 2. The molecule has 0 saturated heterocycles. The van der Waals surface area contributed by atoms with E-state index in [0.717, 1.165) is 11.1 Å². The maximum absolute atomic E-state index is 9.43. The highest BCUT2D eigenvalue weighted by Gasteiger charge is 2.18. The highest BCUT2D eigenvalue weighted by Crippen LogP contribution is 2.27. The lowest BCUT2D eigenvalue weighted by atomic mass is 10.2. The van der Waals surface area contributed by atoms with Gasteiger partial charge in [0.15, 0.2) is 5.56 Å². The van der Waals surface area contributed by atoms with Crippen LogP contribution in [0.5, 0.6) is 11.6 Å². The molecule has 27 heavy (non-hydrogen) atoms. The summed E-state index contributed by atoms with van der Waals surface area (Å²) in [5.41, 5.74) is 7.94. The largest absolute Gasteiger partial charge is 0.496 e. The van der Waals surface area contributed by atoms with Crippen molar-refractivity contribution in [1.29, 1.82) is 5.26 Å². The summed E-state index contributed by atoms with van der Waals surface area (Å²) in [4.78, 5) is 0. The molecule has 0 amide bonds. The first kappa shape index (κ1) is 18.9. The molecule has 0 bridgehead atoms. The molecular weight excluding hydrogens is 387 g/mol. The summed E-state index contributed by atoms with van der Waals surface area (Å²) < 4.78 is 12.5. The van der Waals surface area contributed by atoms with Crippen molar-refractivity contribution in [3.8, 4) is 17.7 Å². The Morgan fingerprint density at radius 1 is 1.19 bits per heavy atom. The molecule has 2 N–H and O–H groups in total. The highest BCUT2D eigenvalue weighted by atomic mass is 35.5. The maximum Gasteiger partial charge on any atom is 0.253 e. The van der Waals surface area contributed by atoms with Crippen LogP contribution in [0.1, 0.15) is 16.7 Å². The van der Waals surface area contributed by atoms with E-state index >= 15 is 0 Å². The Kier molecular flexibility index (Phi) is 5.75. The van der Waals surface area contributed by atoms with Crippen LogP contribution in [0.15, 0.2) is 42.5 Å². The number of hydrogen-bond donors (Lipinski definition) is 1. The van der Waals surface area contributed by atoms with Crippen LogP contribution in [-0.4, -0.2) is 16.9 Å². The molecule has 3 rings (SSSR count). The van der Waals surface area contributed by atoms with E-state index in [1.165, 1.54) is 4.68 Å². The minimum Gasteiger partial charge on any atom is -0.496 e. The van der Waals surface area contributed by atoms with Gasteiger partial charge in [-0.1, -0.05) is 47.5 Å². The number of methoxy groups -OCH3 is 1. The zero-order valence-electron chi connectivity index (χ0n) is 14.4. The lowest BCUT2D eigenvalue weighted by molar-refractivity contribution is 0.281. The van der Waals surface area contributed by atoms with Crippen LogP contribution < -0.4 is 15.2 Å². The van der Waals surface area contributed by atoms with Gasteiger partial charge in [-0.2, -0.15) is 5.26 Å². The van der Waals surface area contributed by atoms with Crippen LogP contribution in [-0.2, 0) is 13.2 Å². The van der Waals surface area contributed by atoms with Gasteiger partial charge in [0, 0.05) is 5.56 Å². The molecule has 0 fully saturated rings. The summed E-state index contributed by atoms with van der Waals surface area (Å²) in [6.07, 6.45) is 0. The molecule has 0 aliphatic heterocycles. The first-order valence-corrected chi connectivity index (χ1v) is 8.74. The van der Waals surface area contributed by atoms with Crippen LogP contribution >= 0.6 is 23.2 Å². The molecule has 0 aliphatic carbocycles. The third-order valence-corrected chi connectivity index (χ3v) is 4.68. The molecule has 0 saturated carbocycles. The SMILES string of the molecule is COc1ccccc1COc1nn(Cc2ccc(Cl)c(Cl)c2)c(N)c1C#N. The molecular formula is C19H16Cl2N4O2. The van der Waals surface area contributed by atoms with Crippen molar-refractivity contribution >= 4 is 29.0 Å². The summed E-state index contributed by atoms with van der Waals surface area (Å²) in [7, 11) is 1.59. The van der Waals surface area contributed by atoms with Crippen molar-refractivity contribution < 1.29 is 9.47 Å². The van der Waals surface area contributed by atoms with Crippen molar-refractivity contribution in [3.05, 3.63) is 69.2 Å². The Morgan fingerprint density at radius 2 is 1.96 bits per heavy atom. The number of anilines is 1. The molecule has 8 heteroatoms. The molecule has 1 aromatic heterocycles. The fraction of sp³-hybridized carbons (Fsp3) is 0.158. The Hall–Kier alpha value is -2.88. The van der Waals surface area contributed by atoms with Gasteiger partial charge in [-0.15, -0.1) is 5.10 Å². The first-order valence-electron chi connectivity index (χ1n) is 7.98. The number of ether oxygens (including phenoxy) is 2. The highest BCUT2D eigenvalue weighted by molar-refractivity contribution is 6.42.